The van der Waals surface area contributed by atoms with E-state index in [0.29, 0.717) is 36.1 Å². The highest BCUT2D eigenvalue weighted by Gasteiger charge is 2.27. The van der Waals surface area contributed by atoms with E-state index < -0.39 is 0 Å². The highest BCUT2D eigenvalue weighted by Crippen LogP contribution is 2.24. The van der Waals surface area contributed by atoms with E-state index in [1.807, 2.05) is 41.3 Å². The summed E-state index contributed by atoms with van der Waals surface area (Å²) in [5.74, 6) is 1.60. The minimum atomic E-state index is -0.0261. The first-order valence-electron chi connectivity index (χ1n) is 10.6. The van der Waals surface area contributed by atoms with Crippen molar-refractivity contribution in [3.05, 3.63) is 59.7 Å². The summed E-state index contributed by atoms with van der Waals surface area (Å²) in [5, 5.41) is 2.98. The van der Waals surface area contributed by atoms with Gasteiger partial charge >= 0.3 is 0 Å². The predicted molar refractivity (Wildman–Crippen MR) is 114 cm³/mol. The van der Waals surface area contributed by atoms with E-state index in [0.717, 1.165) is 38.0 Å². The molecular weight excluding hydrogens is 380 g/mol. The van der Waals surface area contributed by atoms with E-state index in [-0.39, 0.29) is 17.7 Å². The molecule has 158 valence electrons. The summed E-state index contributed by atoms with van der Waals surface area (Å²) in [6.07, 6.45) is 4.13. The van der Waals surface area contributed by atoms with Crippen LogP contribution in [0.25, 0.3) is 0 Å². The van der Waals surface area contributed by atoms with Gasteiger partial charge in [0.15, 0.2) is 0 Å². The summed E-state index contributed by atoms with van der Waals surface area (Å²) in [5.41, 5.74) is 1.25. The van der Waals surface area contributed by atoms with Gasteiger partial charge < -0.3 is 19.7 Å². The molecule has 0 aromatic heterocycles. The van der Waals surface area contributed by atoms with Crippen LogP contribution in [0.2, 0.25) is 0 Å². The largest absolute Gasteiger partial charge is 0.496 e. The molecular formula is C24H28N2O4. The van der Waals surface area contributed by atoms with Gasteiger partial charge in [0.1, 0.15) is 11.5 Å². The topological polar surface area (TPSA) is 67.9 Å². The van der Waals surface area contributed by atoms with E-state index in [1.165, 1.54) is 0 Å². The predicted octanol–water partition coefficient (Wildman–Crippen LogP) is 3.52. The lowest BCUT2D eigenvalue weighted by molar-refractivity contribution is 0.0630. The third kappa shape index (κ3) is 4.93. The summed E-state index contributed by atoms with van der Waals surface area (Å²) >= 11 is 0. The summed E-state index contributed by atoms with van der Waals surface area (Å²) in [6, 6.07) is 15.0. The number of hydrogen-bond acceptors (Lipinski definition) is 4. The molecule has 1 heterocycles. The number of carbonyl (C=O) groups is 2. The van der Waals surface area contributed by atoms with Crippen molar-refractivity contribution < 1.29 is 19.1 Å². The molecule has 1 aliphatic heterocycles. The maximum Gasteiger partial charge on any atom is 0.257 e. The molecule has 2 amide bonds. The Morgan fingerprint density at radius 1 is 1.07 bits per heavy atom. The number of likely N-dealkylation sites (tertiary alicyclic amines) is 1. The van der Waals surface area contributed by atoms with Gasteiger partial charge in [0.05, 0.1) is 19.3 Å². The zero-order valence-electron chi connectivity index (χ0n) is 17.3. The molecule has 1 atom stereocenters. The van der Waals surface area contributed by atoms with Crippen molar-refractivity contribution in [1.82, 2.24) is 10.2 Å². The molecule has 30 heavy (non-hydrogen) atoms. The van der Waals surface area contributed by atoms with Crippen LogP contribution >= 0.6 is 0 Å². The molecule has 1 saturated carbocycles. The molecule has 2 aromatic rings. The van der Waals surface area contributed by atoms with Crippen LogP contribution in [-0.2, 0) is 0 Å². The van der Waals surface area contributed by atoms with Crippen LogP contribution in [-0.4, -0.2) is 49.6 Å². The SMILES string of the molecule is COc1ccccc1C(=O)N1CCCC(COc2ccc(C(=O)NC3CC3)cc2)C1. The van der Waals surface area contributed by atoms with Gasteiger partial charge in [-0.15, -0.1) is 0 Å². The van der Waals surface area contributed by atoms with Crippen LogP contribution in [0, 0.1) is 5.92 Å². The Morgan fingerprint density at radius 2 is 1.83 bits per heavy atom. The van der Waals surface area contributed by atoms with Crippen molar-refractivity contribution in [2.45, 2.75) is 31.7 Å². The first-order valence-corrected chi connectivity index (χ1v) is 10.6. The van der Waals surface area contributed by atoms with Crippen molar-refractivity contribution >= 4 is 11.8 Å². The Hall–Kier alpha value is -3.02. The van der Waals surface area contributed by atoms with Crippen LogP contribution in [0.3, 0.4) is 0 Å². The molecule has 1 unspecified atom stereocenters. The fourth-order valence-corrected chi connectivity index (χ4v) is 3.79. The van der Waals surface area contributed by atoms with E-state index in [1.54, 1.807) is 19.2 Å². The molecule has 6 nitrogen and oxygen atoms in total. The smallest absolute Gasteiger partial charge is 0.257 e. The fourth-order valence-electron chi connectivity index (χ4n) is 3.79. The maximum atomic E-state index is 12.9. The van der Waals surface area contributed by atoms with Gasteiger partial charge in [-0.2, -0.15) is 0 Å². The zero-order valence-corrected chi connectivity index (χ0v) is 17.3. The van der Waals surface area contributed by atoms with Gasteiger partial charge in [-0.25, -0.2) is 0 Å². The van der Waals surface area contributed by atoms with Gasteiger partial charge in [0, 0.05) is 30.6 Å². The van der Waals surface area contributed by atoms with Gasteiger partial charge in [0.25, 0.3) is 11.8 Å². The summed E-state index contributed by atoms with van der Waals surface area (Å²) in [7, 11) is 1.58. The fraction of sp³-hybridized carbons (Fsp3) is 0.417. The Bertz CT molecular complexity index is 892. The number of methoxy groups -OCH3 is 1. The number of nitrogens with zero attached hydrogens (tertiary/aromatic N) is 1. The normalized spacial score (nSPS) is 18.6. The van der Waals surface area contributed by atoms with Crippen LogP contribution in [0.1, 0.15) is 46.4 Å². The maximum absolute atomic E-state index is 12.9. The second-order valence-electron chi connectivity index (χ2n) is 8.04. The van der Waals surface area contributed by atoms with E-state index in [4.69, 9.17) is 9.47 Å². The molecule has 0 bridgehead atoms. The Kier molecular flexibility index (Phi) is 6.21. The highest BCUT2D eigenvalue weighted by atomic mass is 16.5. The molecule has 1 aliphatic carbocycles. The highest BCUT2D eigenvalue weighted by molar-refractivity contribution is 5.97. The van der Waals surface area contributed by atoms with E-state index in [9.17, 15) is 9.59 Å². The number of carbonyl (C=O) groups excluding carboxylic acids is 2. The van der Waals surface area contributed by atoms with Crippen LogP contribution in [0.15, 0.2) is 48.5 Å². The average Bonchev–Trinajstić information content (AvgIpc) is 3.61. The standard InChI is InChI=1S/C24H28N2O4/c1-29-22-7-3-2-6-21(22)24(28)26-14-4-5-17(15-26)16-30-20-12-8-18(9-13-20)23(27)25-19-10-11-19/h2-3,6-9,12-13,17,19H,4-5,10-11,14-16H2,1H3,(H,25,27). The lowest BCUT2D eigenvalue weighted by Crippen LogP contribution is -2.41. The number of piperidine rings is 1. The van der Waals surface area contributed by atoms with Crippen molar-refractivity contribution in [3.8, 4) is 11.5 Å². The summed E-state index contributed by atoms with van der Waals surface area (Å²) in [4.78, 5) is 26.9. The number of para-hydroxylation sites is 1. The monoisotopic (exact) mass is 408 g/mol. The van der Waals surface area contributed by atoms with E-state index in [2.05, 4.69) is 5.32 Å². The lowest BCUT2D eigenvalue weighted by atomic mass is 9.98. The minimum Gasteiger partial charge on any atom is -0.496 e. The molecule has 0 radical (unpaired) electrons. The number of nitrogens with one attached hydrogen (secondary N) is 1. The first kappa shape index (κ1) is 20.3. The van der Waals surface area contributed by atoms with Crippen molar-refractivity contribution in [3.63, 3.8) is 0 Å². The van der Waals surface area contributed by atoms with E-state index >= 15 is 0 Å². The number of ether oxygens (including phenoxy) is 2. The van der Waals surface area contributed by atoms with Crippen molar-refractivity contribution in [2.24, 2.45) is 5.92 Å². The number of rotatable bonds is 7. The molecule has 6 heteroatoms. The molecule has 2 aliphatic rings. The molecule has 4 rings (SSSR count). The summed E-state index contributed by atoms with van der Waals surface area (Å²) in [6.45, 7) is 1.96. The number of amides is 2. The third-order valence-electron chi connectivity index (χ3n) is 5.66. The van der Waals surface area contributed by atoms with Crippen LogP contribution in [0.5, 0.6) is 11.5 Å². The van der Waals surface area contributed by atoms with Gasteiger partial charge in [0.2, 0.25) is 0 Å². The van der Waals surface area contributed by atoms with Gasteiger partial charge in [-0.1, -0.05) is 12.1 Å². The van der Waals surface area contributed by atoms with Gasteiger partial charge in [-0.3, -0.25) is 9.59 Å². The molecule has 1 N–H and O–H groups in total. The molecule has 0 spiro atoms. The van der Waals surface area contributed by atoms with Crippen LogP contribution < -0.4 is 14.8 Å². The quantitative estimate of drug-likeness (QED) is 0.761. The van der Waals surface area contributed by atoms with Gasteiger partial charge in [-0.05, 0) is 62.1 Å². The summed E-state index contributed by atoms with van der Waals surface area (Å²) < 4.78 is 11.3. The molecule has 2 aromatic carbocycles. The second-order valence-corrected chi connectivity index (χ2v) is 8.04. The number of benzene rings is 2. The van der Waals surface area contributed by atoms with Crippen molar-refractivity contribution in [1.29, 1.82) is 0 Å². The Balaban J connectivity index is 1.30. The zero-order chi connectivity index (χ0) is 20.9. The first-order chi connectivity index (χ1) is 14.6. The minimum absolute atomic E-state index is 0.00294. The lowest BCUT2D eigenvalue weighted by Gasteiger charge is -2.33. The third-order valence-corrected chi connectivity index (χ3v) is 5.66. The molecule has 1 saturated heterocycles. The van der Waals surface area contributed by atoms with Crippen molar-refractivity contribution in [2.75, 3.05) is 26.8 Å². The number of hydrogen-bond donors (Lipinski definition) is 1. The van der Waals surface area contributed by atoms with Crippen LogP contribution in [0.4, 0.5) is 0 Å². The second kappa shape index (κ2) is 9.20. The Labute approximate surface area is 177 Å². The Morgan fingerprint density at radius 3 is 2.57 bits per heavy atom. The average molecular weight is 408 g/mol. The molecule has 2 fully saturated rings.